The highest BCUT2D eigenvalue weighted by molar-refractivity contribution is 8.20. The largest absolute Gasteiger partial charge is 0.353 e. The molecule has 0 amide bonds. The van der Waals surface area contributed by atoms with Crippen LogP contribution in [0.3, 0.4) is 0 Å². The van der Waals surface area contributed by atoms with Gasteiger partial charge in [0.05, 0.1) is 23.9 Å². The van der Waals surface area contributed by atoms with Crippen LogP contribution in [0.25, 0.3) is 0 Å². The van der Waals surface area contributed by atoms with Crippen LogP contribution in [0.5, 0.6) is 0 Å². The van der Waals surface area contributed by atoms with Crippen molar-refractivity contribution in [1.82, 2.24) is 0 Å². The first-order valence-electron chi connectivity index (χ1n) is 15.0. The van der Waals surface area contributed by atoms with Gasteiger partial charge in [-0.05, 0) is 50.9 Å². The van der Waals surface area contributed by atoms with Gasteiger partial charge in [-0.15, -0.1) is 23.5 Å². The van der Waals surface area contributed by atoms with Crippen molar-refractivity contribution in [1.29, 1.82) is 0 Å². The molecule has 4 atom stereocenters. The standard InChI is InChI=1S/C30H52O4S2/c1-4-5-6-7-8-11-25(34-27-12-9-10-19-31-27)14-13-24-17-18-30(32-22-29(2,3)23-33-30)26(24)15-16-28-35-20-21-36-28/h13-14,24-28H,4-12,15-23H2,1-3H3/t24-,25?,26+,27?/m0/s1. The van der Waals surface area contributed by atoms with Crippen molar-refractivity contribution in [2.75, 3.05) is 31.3 Å². The van der Waals surface area contributed by atoms with E-state index in [1.54, 1.807) is 0 Å². The fraction of sp³-hybridized carbons (Fsp3) is 0.933. The van der Waals surface area contributed by atoms with E-state index in [4.69, 9.17) is 18.9 Å². The third-order valence-corrected chi connectivity index (χ3v) is 11.5. The first-order valence-corrected chi connectivity index (χ1v) is 17.1. The van der Waals surface area contributed by atoms with Crippen molar-refractivity contribution in [3.63, 3.8) is 0 Å². The first kappa shape index (κ1) is 29.3. The highest BCUT2D eigenvalue weighted by Gasteiger charge is 2.53. The van der Waals surface area contributed by atoms with Crippen LogP contribution >= 0.6 is 23.5 Å². The molecule has 1 spiro atoms. The van der Waals surface area contributed by atoms with Gasteiger partial charge < -0.3 is 18.9 Å². The summed E-state index contributed by atoms with van der Waals surface area (Å²) in [5, 5.41) is 0. The van der Waals surface area contributed by atoms with Gasteiger partial charge in [-0.1, -0.05) is 65.0 Å². The number of unbranched alkanes of at least 4 members (excludes halogenated alkanes) is 4. The second-order valence-corrected chi connectivity index (χ2v) is 15.1. The summed E-state index contributed by atoms with van der Waals surface area (Å²) in [6.07, 6.45) is 20.6. The third kappa shape index (κ3) is 8.64. The average molecular weight is 541 g/mol. The normalized spacial score (nSPS) is 31.5. The highest BCUT2D eigenvalue weighted by Crippen LogP contribution is 2.51. The Morgan fingerprint density at radius 3 is 2.47 bits per heavy atom. The summed E-state index contributed by atoms with van der Waals surface area (Å²) in [6.45, 7) is 9.23. The highest BCUT2D eigenvalue weighted by atomic mass is 32.2. The molecule has 3 aliphatic heterocycles. The summed E-state index contributed by atoms with van der Waals surface area (Å²) >= 11 is 4.29. The summed E-state index contributed by atoms with van der Waals surface area (Å²) in [7, 11) is 0. The molecule has 4 aliphatic rings. The maximum Gasteiger partial charge on any atom is 0.171 e. The molecule has 4 nitrogen and oxygen atoms in total. The number of thioether (sulfide) groups is 2. The maximum atomic E-state index is 6.61. The first-order chi connectivity index (χ1) is 17.5. The van der Waals surface area contributed by atoms with E-state index in [1.165, 1.54) is 62.9 Å². The molecule has 3 heterocycles. The van der Waals surface area contributed by atoms with Crippen LogP contribution in [-0.4, -0.2) is 54.1 Å². The zero-order chi connectivity index (χ0) is 25.3. The molecule has 4 rings (SSSR count). The molecule has 36 heavy (non-hydrogen) atoms. The molecule has 208 valence electrons. The molecule has 6 heteroatoms. The van der Waals surface area contributed by atoms with Gasteiger partial charge in [-0.25, -0.2) is 0 Å². The van der Waals surface area contributed by atoms with E-state index in [-0.39, 0.29) is 23.6 Å². The summed E-state index contributed by atoms with van der Waals surface area (Å²) in [6, 6.07) is 0. The fourth-order valence-electron chi connectivity index (χ4n) is 6.15. The van der Waals surface area contributed by atoms with Crippen LogP contribution in [0, 0.1) is 17.3 Å². The maximum absolute atomic E-state index is 6.61. The summed E-state index contributed by atoms with van der Waals surface area (Å²) in [5.74, 6) is 3.15. The lowest BCUT2D eigenvalue weighted by molar-refractivity contribution is -0.316. The topological polar surface area (TPSA) is 36.9 Å². The second-order valence-electron chi connectivity index (χ2n) is 12.2. The minimum Gasteiger partial charge on any atom is -0.353 e. The number of rotatable bonds is 13. The molecule has 4 fully saturated rings. The van der Waals surface area contributed by atoms with E-state index < -0.39 is 0 Å². The van der Waals surface area contributed by atoms with Gasteiger partial charge in [-0.2, -0.15) is 0 Å². The van der Waals surface area contributed by atoms with E-state index in [0.717, 1.165) is 56.5 Å². The minimum absolute atomic E-state index is 0.0292. The van der Waals surface area contributed by atoms with Gasteiger partial charge in [0.1, 0.15) is 0 Å². The van der Waals surface area contributed by atoms with E-state index in [2.05, 4.69) is 56.4 Å². The Bertz CT molecular complexity index is 647. The predicted octanol–water partition coefficient (Wildman–Crippen LogP) is 8.20. The Hall–Kier alpha value is 0.280. The Morgan fingerprint density at radius 2 is 1.75 bits per heavy atom. The van der Waals surface area contributed by atoms with E-state index in [0.29, 0.717) is 11.8 Å². The lowest BCUT2D eigenvalue weighted by Crippen LogP contribution is -2.50. The summed E-state index contributed by atoms with van der Waals surface area (Å²) < 4.78 is 26.4. The van der Waals surface area contributed by atoms with E-state index in [9.17, 15) is 0 Å². The van der Waals surface area contributed by atoms with Crippen molar-refractivity contribution in [2.24, 2.45) is 17.3 Å². The molecule has 2 unspecified atom stereocenters. The second kappa shape index (κ2) is 14.6. The predicted molar refractivity (Wildman–Crippen MR) is 154 cm³/mol. The van der Waals surface area contributed by atoms with Crippen LogP contribution in [0.2, 0.25) is 0 Å². The Morgan fingerprint density at radius 1 is 0.972 bits per heavy atom. The lowest BCUT2D eigenvalue weighted by Gasteiger charge is -2.45. The van der Waals surface area contributed by atoms with Gasteiger partial charge in [0.2, 0.25) is 0 Å². The van der Waals surface area contributed by atoms with Crippen molar-refractivity contribution in [3.05, 3.63) is 12.2 Å². The zero-order valence-electron chi connectivity index (χ0n) is 23.2. The van der Waals surface area contributed by atoms with Gasteiger partial charge in [-0.3, -0.25) is 0 Å². The van der Waals surface area contributed by atoms with Crippen molar-refractivity contribution < 1.29 is 18.9 Å². The Kier molecular flexibility index (Phi) is 11.9. The number of allylic oxidation sites excluding steroid dienone is 1. The van der Waals surface area contributed by atoms with Crippen LogP contribution in [0.4, 0.5) is 0 Å². The third-order valence-electron chi connectivity index (χ3n) is 8.36. The van der Waals surface area contributed by atoms with Gasteiger partial charge >= 0.3 is 0 Å². The van der Waals surface area contributed by atoms with Crippen LogP contribution < -0.4 is 0 Å². The Labute approximate surface area is 229 Å². The zero-order valence-corrected chi connectivity index (χ0v) is 24.9. The fourth-order valence-corrected chi connectivity index (χ4v) is 9.01. The SMILES string of the molecule is CCCCCCCC(C=C[C@H]1CCC2(OCC(C)(C)CO2)[C@@H]1CCC1SCCS1)OC1CCCCO1. The smallest absolute Gasteiger partial charge is 0.171 e. The van der Waals surface area contributed by atoms with Crippen molar-refractivity contribution >= 4 is 23.5 Å². The van der Waals surface area contributed by atoms with E-state index in [1.807, 2.05) is 0 Å². The molecule has 0 aromatic rings. The van der Waals surface area contributed by atoms with E-state index >= 15 is 0 Å². The molecule has 0 bridgehead atoms. The quantitative estimate of drug-likeness (QED) is 0.173. The lowest BCUT2D eigenvalue weighted by atomic mass is 9.86. The van der Waals surface area contributed by atoms with Gasteiger partial charge in [0, 0.05) is 35.9 Å². The number of hydrogen-bond donors (Lipinski definition) is 0. The monoisotopic (exact) mass is 540 g/mol. The van der Waals surface area contributed by atoms with Crippen molar-refractivity contribution in [2.45, 2.75) is 127 Å². The molecule has 1 saturated carbocycles. The molecule has 0 aromatic carbocycles. The molecule has 1 aliphatic carbocycles. The molecule has 0 radical (unpaired) electrons. The average Bonchev–Trinajstić information content (AvgIpc) is 3.52. The van der Waals surface area contributed by atoms with Crippen LogP contribution in [0.15, 0.2) is 12.2 Å². The molecule has 0 aromatic heterocycles. The Balaban J connectivity index is 1.40. The summed E-state index contributed by atoms with van der Waals surface area (Å²) in [4.78, 5) is 0. The molecular weight excluding hydrogens is 488 g/mol. The number of ether oxygens (including phenoxy) is 4. The van der Waals surface area contributed by atoms with Gasteiger partial charge in [0.15, 0.2) is 12.1 Å². The minimum atomic E-state index is -0.387. The van der Waals surface area contributed by atoms with Crippen LogP contribution in [0.1, 0.15) is 104 Å². The summed E-state index contributed by atoms with van der Waals surface area (Å²) in [5.41, 5.74) is 0.109. The number of hydrogen-bond acceptors (Lipinski definition) is 6. The van der Waals surface area contributed by atoms with Gasteiger partial charge in [0.25, 0.3) is 0 Å². The van der Waals surface area contributed by atoms with Crippen LogP contribution in [-0.2, 0) is 18.9 Å². The molecule has 3 saturated heterocycles. The molecule has 0 N–H and O–H groups in total. The van der Waals surface area contributed by atoms with Crippen molar-refractivity contribution in [3.8, 4) is 0 Å². The molecular formula is C30H52O4S2.